The van der Waals surface area contributed by atoms with Crippen molar-refractivity contribution in [2.24, 2.45) is 5.10 Å². The second kappa shape index (κ2) is 8.68. The molecule has 0 aliphatic carbocycles. The summed E-state index contributed by atoms with van der Waals surface area (Å²) in [5.41, 5.74) is 3.32. The predicted octanol–water partition coefficient (Wildman–Crippen LogP) is 2.95. The molecule has 3 rings (SSSR count). The molecule has 7 nitrogen and oxygen atoms in total. The Hall–Kier alpha value is -3.87. The summed E-state index contributed by atoms with van der Waals surface area (Å²) in [5.74, 6) is -0.698. The maximum absolute atomic E-state index is 12.1. The van der Waals surface area contributed by atoms with Crippen LogP contribution in [-0.4, -0.2) is 32.2 Å². The number of hydrazone groups is 1. The predicted molar refractivity (Wildman–Crippen MR) is 108 cm³/mol. The summed E-state index contributed by atoms with van der Waals surface area (Å²) < 4.78 is 10.5. The summed E-state index contributed by atoms with van der Waals surface area (Å²) in [6.45, 7) is 0. The highest BCUT2D eigenvalue weighted by Crippen LogP contribution is 2.26. The van der Waals surface area contributed by atoms with Gasteiger partial charge < -0.3 is 14.8 Å². The summed E-state index contributed by atoms with van der Waals surface area (Å²) in [6.07, 6.45) is 1.45. The number of nitrogens with one attached hydrogen (secondary N) is 2. The zero-order chi connectivity index (χ0) is 19.9. The van der Waals surface area contributed by atoms with Crippen LogP contribution in [0.2, 0.25) is 0 Å². The Labute approximate surface area is 162 Å². The van der Waals surface area contributed by atoms with Crippen LogP contribution in [0, 0.1) is 0 Å². The molecule has 0 unspecified atom stereocenters. The molecule has 0 spiro atoms. The lowest BCUT2D eigenvalue weighted by atomic mass is 10.0. The molecule has 2 amide bonds. The van der Waals surface area contributed by atoms with Gasteiger partial charge >= 0.3 is 11.8 Å². The van der Waals surface area contributed by atoms with E-state index < -0.39 is 11.8 Å². The fraction of sp³-hybridized carbons (Fsp3) is 0.0952. The highest BCUT2D eigenvalue weighted by Gasteiger charge is 2.15. The Morgan fingerprint density at radius 1 is 0.857 bits per heavy atom. The van der Waals surface area contributed by atoms with Gasteiger partial charge in [0.2, 0.25) is 0 Å². The van der Waals surface area contributed by atoms with Crippen LogP contribution in [0.15, 0.2) is 65.8 Å². The Morgan fingerprint density at radius 3 is 2.36 bits per heavy atom. The molecule has 7 heteroatoms. The van der Waals surface area contributed by atoms with Gasteiger partial charge in [-0.1, -0.05) is 42.5 Å². The van der Waals surface area contributed by atoms with Crippen molar-refractivity contribution in [3.8, 4) is 11.5 Å². The van der Waals surface area contributed by atoms with Crippen molar-refractivity contribution in [2.45, 2.75) is 0 Å². The van der Waals surface area contributed by atoms with Gasteiger partial charge in [0.25, 0.3) is 0 Å². The van der Waals surface area contributed by atoms with Crippen molar-refractivity contribution >= 4 is 34.5 Å². The summed E-state index contributed by atoms with van der Waals surface area (Å²) >= 11 is 0. The number of hydrogen-bond acceptors (Lipinski definition) is 5. The molecule has 3 aromatic rings. The van der Waals surface area contributed by atoms with E-state index in [-0.39, 0.29) is 0 Å². The zero-order valence-corrected chi connectivity index (χ0v) is 15.4. The number of methoxy groups -OCH3 is 2. The largest absolute Gasteiger partial charge is 0.496 e. The summed E-state index contributed by atoms with van der Waals surface area (Å²) in [6, 6.07) is 18.3. The molecule has 0 bridgehead atoms. The van der Waals surface area contributed by atoms with Gasteiger partial charge in [0.1, 0.15) is 11.5 Å². The minimum atomic E-state index is -0.902. The van der Waals surface area contributed by atoms with E-state index in [9.17, 15) is 9.59 Å². The second-order valence-electron chi connectivity index (χ2n) is 5.76. The lowest BCUT2D eigenvalue weighted by molar-refractivity contribution is -0.136. The van der Waals surface area contributed by atoms with E-state index in [2.05, 4.69) is 15.8 Å². The minimum absolute atomic E-state index is 0.393. The maximum atomic E-state index is 12.1. The van der Waals surface area contributed by atoms with Crippen LogP contribution >= 0.6 is 0 Å². The molecular formula is C21H19N3O4. The number of anilines is 1. The minimum Gasteiger partial charge on any atom is -0.496 e. The number of ether oxygens (including phenoxy) is 2. The lowest BCUT2D eigenvalue weighted by Gasteiger charge is -2.09. The molecule has 28 heavy (non-hydrogen) atoms. The third kappa shape index (κ3) is 4.09. The monoisotopic (exact) mass is 377 g/mol. The second-order valence-corrected chi connectivity index (χ2v) is 5.76. The van der Waals surface area contributed by atoms with Crippen LogP contribution in [0.4, 0.5) is 5.69 Å². The molecular weight excluding hydrogens is 358 g/mol. The Morgan fingerprint density at radius 2 is 1.57 bits per heavy atom. The number of amides is 2. The van der Waals surface area contributed by atoms with Crippen molar-refractivity contribution in [1.29, 1.82) is 0 Å². The van der Waals surface area contributed by atoms with Gasteiger partial charge in [-0.2, -0.15) is 5.10 Å². The van der Waals surface area contributed by atoms with Crippen molar-refractivity contribution < 1.29 is 19.1 Å². The number of fused-ring (bicyclic) bond motifs is 1. The van der Waals surface area contributed by atoms with Crippen LogP contribution in [0.5, 0.6) is 11.5 Å². The standard InChI is InChI=1S/C21H19N3O4/c1-27-18-12-11-14-7-3-4-8-15(14)16(18)13-22-24-21(26)20(25)23-17-9-5-6-10-19(17)28-2/h3-13H,1-2H3,(H,23,25)(H,24,26)/b22-13-. The van der Waals surface area contributed by atoms with Crippen molar-refractivity contribution in [3.63, 3.8) is 0 Å². The average Bonchev–Trinajstić information content (AvgIpc) is 2.74. The van der Waals surface area contributed by atoms with Crippen LogP contribution < -0.4 is 20.2 Å². The van der Waals surface area contributed by atoms with Gasteiger partial charge in [-0.25, -0.2) is 5.43 Å². The highest BCUT2D eigenvalue weighted by molar-refractivity contribution is 6.39. The van der Waals surface area contributed by atoms with E-state index in [0.717, 1.165) is 10.8 Å². The van der Waals surface area contributed by atoms with Crippen molar-refractivity contribution in [1.82, 2.24) is 5.43 Å². The normalized spacial score (nSPS) is 10.6. The van der Waals surface area contributed by atoms with Gasteiger partial charge in [-0.15, -0.1) is 0 Å². The van der Waals surface area contributed by atoms with Crippen LogP contribution in [0.25, 0.3) is 10.8 Å². The summed E-state index contributed by atoms with van der Waals surface area (Å²) in [7, 11) is 3.04. The number of para-hydroxylation sites is 2. The Kier molecular flexibility index (Phi) is 5.86. The van der Waals surface area contributed by atoms with E-state index in [1.165, 1.54) is 13.3 Å². The average molecular weight is 377 g/mol. The van der Waals surface area contributed by atoms with Crippen molar-refractivity contribution in [3.05, 3.63) is 66.2 Å². The number of hydrogen-bond donors (Lipinski definition) is 2. The number of rotatable bonds is 5. The molecule has 3 aromatic carbocycles. The van der Waals surface area contributed by atoms with Gasteiger partial charge in [0.15, 0.2) is 0 Å². The maximum Gasteiger partial charge on any atom is 0.329 e. The molecule has 0 heterocycles. The fourth-order valence-electron chi connectivity index (χ4n) is 2.72. The number of nitrogens with zero attached hydrogens (tertiary/aromatic N) is 1. The quantitative estimate of drug-likeness (QED) is 0.406. The first-order valence-corrected chi connectivity index (χ1v) is 8.47. The third-order valence-electron chi connectivity index (χ3n) is 4.07. The molecule has 0 saturated carbocycles. The van der Waals surface area contributed by atoms with E-state index in [1.54, 1.807) is 31.4 Å². The molecule has 0 aromatic heterocycles. The molecule has 142 valence electrons. The van der Waals surface area contributed by atoms with Gasteiger partial charge in [0.05, 0.1) is 26.1 Å². The van der Waals surface area contributed by atoms with Crippen LogP contribution in [-0.2, 0) is 9.59 Å². The molecule has 0 atom stereocenters. The first-order chi connectivity index (χ1) is 13.6. The van der Waals surface area contributed by atoms with E-state index in [1.807, 2.05) is 36.4 Å². The van der Waals surface area contributed by atoms with Crippen LogP contribution in [0.1, 0.15) is 5.56 Å². The highest BCUT2D eigenvalue weighted by atomic mass is 16.5. The van der Waals surface area contributed by atoms with Crippen LogP contribution in [0.3, 0.4) is 0 Å². The Bertz CT molecular complexity index is 1050. The SMILES string of the molecule is COc1ccccc1NC(=O)C(=O)N/N=C\c1c(OC)ccc2ccccc12. The first kappa shape index (κ1) is 18.9. The molecule has 0 radical (unpaired) electrons. The molecule has 0 saturated heterocycles. The topological polar surface area (TPSA) is 89.0 Å². The molecule has 0 aliphatic rings. The van der Waals surface area contributed by atoms with E-state index in [0.29, 0.717) is 22.7 Å². The van der Waals surface area contributed by atoms with Gasteiger partial charge in [-0.3, -0.25) is 9.59 Å². The lowest BCUT2D eigenvalue weighted by Crippen LogP contribution is -2.32. The van der Waals surface area contributed by atoms with Crippen molar-refractivity contribution in [2.75, 3.05) is 19.5 Å². The first-order valence-electron chi connectivity index (χ1n) is 8.47. The van der Waals surface area contributed by atoms with Gasteiger partial charge in [-0.05, 0) is 29.0 Å². The fourth-order valence-corrected chi connectivity index (χ4v) is 2.72. The van der Waals surface area contributed by atoms with Gasteiger partial charge in [0, 0.05) is 5.56 Å². The molecule has 0 fully saturated rings. The van der Waals surface area contributed by atoms with E-state index in [4.69, 9.17) is 9.47 Å². The molecule has 0 aliphatic heterocycles. The number of carbonyl (C=O) groups is 2. The number of benzene rings is 3. The smallest absolute Gasteiger partial charge is 0.329 e. The molecule has 2 N–H and O–H groups in total. The van der Waals surface area contributed by atoms with E-state index >= 15 is 0 Å². The summed E-state index contributed by atoms with van der Waals surface area (Å²) in [5, 5.41) is 8.32. The third-order valence-corrected chi connectivity index (χ3v) is 4.07. The number of carbonyl (C=O) groups excluding carboxylic acids is 2. The zero-order valence-electron chi connectivity index (χ0n) is 15.4. The summed E-state index contributed by atoms with van der Waals surface area (Å²) in [4.78, 5) is 24.1. The Balaban J connectivity index is 1.73.